The first-order valence-electron chi connectivity index (χ1n) is 9.39. The van der Waals surface area contributed by atoms with Crippen molar-refractivity contribution >= 4 is 43.4 Å². The van der Waals surface area contributed by atoms with E-state index in [9.17, 15) is 18.3 Å². The van der Waals surface area contributed by atoms with Crippen LogP contribution in [-0.2, 0) is 10.0 Å². The number of benzene rings is 3. The third-order valence-corrected chi connectivity index (χ3v) is 6.92. The molecule has 2 N–H and O–H groups in total. The second kappa shape index (κ2) is 6.88. The standard InChI is InChI=1S/C23H21NO5S/c1-12-9-14(3)20(10-13(12)2)30(27,28)24-19-11-18-21(23(25)26)15(4)29-22(18)17-8-6-5-7-16(17)19/h5-11,24H,1-4H3,(H,25,26). The molecule has 3 aromatic carbocycles. The highest BCUT2D eigenvalue weighted by atomic mass is 32.2. The van der Waals surface area contributed by atoms with Crippen LogP contribution in [0.15, 0.2) is 51.8 Å². The van der Waals surface area contributed by atoms with Gasteiger partial charge in [-0.1, -0.05) is 30.3 Å². The maximum absolute atomic E-state index is 13.2. The molecule has 0 saturated carbocycles. The van der Waals surface area contributed by atoms with E-state index in [0.29, 0.717) is 33.0 Å². The molecule has 0 atom stereocenters. The van der Waals surface area contributed by atoms with Gasteiger partial charge in [-0.3, -0.25) is 4.72 Å². The van der Waals surface area contributed by atoms with Crippen molar-refractivity contribution in [1.82, 2.24) is 0 Å². The topological polar surface area (TPSA) is 96.6 Å². The smallest absolute Gasteiger partial charge is 0.339 e. The van der Waals surface area contributed by atoms with Crippen LogP contribution in [0.2, 0.25) is 0 Å². The van der Waals surface area contributed by atoms with E-state index >= 15 is 0 Å². The maximum Gasteiger partial charge on any atom is 0.339 e. The van der Waals surface area contributed by atoms with Gasteiger partial charge in [0.15, 0.2) is 0 Å². The van der Waals surface area contributed by atoms with E-state index < -0.39 is 16.0 Å². The van der Waals surface area contributed by atoms with Gasteiger partial charge in [-0.25, -0.2) is 13.2 Å². The highest BCUT2D eigenvalue weighted by Crippen LogP contribution is 2.37. The van der Waals surface area contributed by atoms with Crippen LogP contribution in [0.1, 0.15) is 32.8 Å². The third-order valence-electron chi connectivity index (χ3n) is 5.41. The van der Waals surface area contributed by atoms with Gasteiger partial charge < -0.3 is 9.52 Å². The largest absolute Gasteiger partial charge is 0.478 e. The van der Waals surface area contributed by atoms with Gasteiger partial charge in [-0.2, -0.15) is 0 Å². The average molecular weight is 423 g/mol. The molecule has 1 heterocycles. The fraction of sp³-hybridized carbons (Fsp3) is 0.174. The summed E-state index contributed by atoms with van der Waals surface area (Å²) < 4.78 is 34.9. The summed E-state index contributed by atoms with van der Waals surface area (Å²) in [6, 6.07) is 12.2. The van der Waals surface area contributed by atoms with E-state index in [0.717, 1.165) is 11.1 Å². The van der Waals surface area contributed by atoms with Crippen molar-refractivity contribution < 1.29 is 22.7 Å². The Kier molecular flexibility index (Phi) is 4.58. The molecule has 0 unspecified atom stereocenters. The Labute approximate surface area is 174 Å². The first-order chi connectivity index (χ1) is 14.1. The van der Waals surface area contributed by atoms with Crippen molar-refractivity contribution in [3.63, 3.8) is 0 Å². The minimum Gasteiger partial charge on any atom is -0.478 e. The van der Waals surface area contributed by atoms with Gasteiger partial charge in [-0.15, -0.1) is 0 Å². The zero-order valence-electron chi connectivity index (χ0n) is 17.0. The Morgan fingerprint density at radius 2 is 1.53 bits per heavy atom. The van der Waals surface area contributed by atoms with Crippen LogP contribution in [-0.4, -0.2) is 19.5 Å². The number of furan rings is 1. The number of fused-ring (bicyclic) bond motifs is 3. The monoisotopic (exact) mass is 423 g/mol. The van der Waals surface area contributed by atoms with Gasteiger partial charge in [0, 0.05) is 16.2 Å². The predicted octanol–water partition coefficient (Wildman–Crippen LogP) is 5.32. The molecule has 0 saturated heterocycles. The molecular formula is C23H21NO5S. The summed E-state index contributed by atoms with van der Waals surface area (Å²) in [5.41, 5.74) is 3.28. The van der Waals surface area contributed by atoms with E-state index in [-0.39, 0.29) is 16.2 Å². The van der Waals surface area contributed by atoms with Crippen LogP contribution in [0.4, 0.5) is 5.69 Å². The molecule has 0 radical (unpaired) electrons. The number of rotatable bonds is 4. The normalized spacial score (nSPS) is 11.9. The lowest BCUT2D eigenvalue weighted by Gasteiger charge is -2.14. The number of carboxylic acid groups (broad SMARTS) is 1. The molecule has 0 spiro atoms. The van der Waals surface area contributed by atoms with Crippen LogP contribution in [0.3, 0.4) is 0 Å². The van der Waals surface area contributed by atoms with Gasteiger partial charge in [-0.05, 0) is 56.5 Å². The molecule has 0 amide bonds. The van der Waals surface area contributed by atoms with Crippen LogP contribution in [0, 0.1) is 27.7 Å². The molecule has 6 nitrogen and oxygen atoms in total. The van der Waals surface area contributed by atoms with Crippen molar-refractivity contribution in [3.05, 3.63) is 70.5 Å². The third kappa shape index (κ3) is 3.11. The number of nitrogens with one attached hydrogen (secondary N) is 1. The Morgan fingerprint density at radius 3 is 2.20 bits per heavy atom. The summed E-state index contributed by atoms with van der Waals surface area (Å²) in [5, 5.41) is 11.2. The summed E-state index contributed by atoms with van der Waals surface area (Å²) in [4.78, 5) is 12.0. The Bertz CT molecular complexity index is 1450. The number of hydrogen-bond donors (Lipinski definition) is 2. The average Bonchev–Trinajstić information content (AvgIpc) is 3.00. The Morgan fingerprint density at radius 1 is 0.900 bits per heavy atom. The van der Waals surface area contributed by atoms with Crippen LogP contribution < -0.4 is 4.72 Å². The van der Waals surface area contributed by atoms with Gasteiger partial charge in [0.05, 0.1) is 10.6 Å². The van der Waals surface area contributed by atoms with Crippen molar-refractivity contribution in [2.75, 3.05) is 4.72 Å². The summed E-state index contributed by atoms with van der Waals surface area (Å²) in [6.07, 6.45) is 0. The Hall–Kier alpha value is -3.32. The number of carboxylic acids is 1. The number of sulfonamides is 1. The molecule has 154 valence electrons. The minimum atomic E-state index is -3.90. The van der Waals surface area contributed by atoms with Gasteiger partial charge in [0.1, 0.15) is 16.9 Å². The SMILES string of the molecule is Cc1cc(C)c(S(=O)(=O)Nc2cc3c(C(=O)O)c(C)oc3c3ccccc23)cc1C. The molecule has 0 bridgehead atoms. The number of aromatic carboxylic acids is 1. The van der Waals surface area contributed by atoms with E-state index in [2.05, 4.69) is 4.72 Å². The Balaban J connectivity index is 1.97. The molecule has 0 aliphatic rings. The van der Waals surface area contributed by atoms with Crippen molar-refractivity contribution in [3.8, 4) is 0 Å². The summed E-state index contributed by atoms with van der Waals surface area (Å²) >= 11 is 0. The minimum absolute atomic E-state index is 0.0264. The van der Waals surface area contributed by atoms with Crippen LogP contribution in [0.25, 0.3) is 21.7 Å². The zero-order valence-corrected chi connectivity index (χ0v) is 17.8. The van der Waals surface area contributed by atoms with Crippen molar-refractivity contribution in [2.24, 2.45) is 0 Å². The van der Waals surface area contributed by atoms with Gasteiger partial charge in [0.25, 0.3) is 10.0 Å². The van der Waals surface area contributed by atoms with E-state index in [4.69, 9.17) is 4.42 Å². The quantitative estimate of drug-likeness (QED) is 0.463. The lowest BCUT2D eigenvalue weighted by atomic mass is 10.0. The molecule has 0 aliphatic heterocycles. The van der Waals surface area contributed by atoms with E-state index in [1.165, 1.54) is 6.07 Å². The molecule has 0 fully saturated rings. The highest BCUT2D eigenvalue weighted by molar-refractivity contribution is 7.92. The lowest BCUT2D eigenvalue weighted by molar-refractivity contribution is 0.0697. The lowest BCUT2D eigenvalue weighted by Crippen LogP contribution is -2.15. The molecular weight excluding hydrogens is 402 g/mol. The number of aryl methyl sites for hydroxylation is 4. The molecule has 1 aromatic heterocycles. The summed E-state index contributed by atoms with van der Waals surface area (Å²) in [6.45, 7) is 7.13. The van der Waals surface area contributed by atoms with Crippen LogP contribution >= 0.6 is 0 Å². The molecule has 0 aliphatic carbocycles. The van der Waals surface area contributed by atoms with Gasteiger partial charge >= 0.3 is 5.97 Å². The van der Waals surface area contributed by atoms with E-state index in [1.807, 2.05) is 19.9 Å². The first-order valence-corrected chi connectivity index (χ1v) is 10.9. The number of anilines is 1. The van der Waals surface area contributed by atoms with Crippen LogP contribution in [0.5, 0.6) is 0 Å². The molecule has 7 heteroatoms. The molecule has 4 aromatic rings. The fourth-order valence-corrected chi connectivity index (χ4v) is 5.19. The zero-order chi connectivity index (χ0) is 21.8. The molecule has 4 rings (SSSR count). The second-order valence-electron chi connectivity index (χ2n) is 7.49. The second-order valence-corrected chi connectivity index (χ2v) is 9.14. The summed E-state index contributed by atoms with van der Waals surface area (Å²) in [5.74, 6) is -0.854. The number of carbonyl (C=O) groups is 1. The van der Waals surface area contributed by atoms with Crippen molar-refractivity contribution in [2.45, 2.75) is 32.6 Å². The highest BCUT2D eigenvalue weighted by Gasteiger charge is 2.24. The summed E-state index contributed by atoms with van der Waals surface area (Å²) in [7, 11) is -3.90. The van der Waals surface area contributed by atoms with Crippen molar-refractivity contribution in [1.29, 1.82) is 0 Å². The fourth-order valence-electron chi connectivity index (χ4n) is 3.81. The first kappa shape index (κ1) is 20.0. The van der Waals surface area contributed by atoms with Gasteiger partial charge in [0.2, 0.25) is 0 Å². The predicted molar refractivity (Wildman–Crippen MR) is 117 cm³/mol. The maximum atomic E-state index is 13.2. The molecule has 30 heavy (non-hydrogen) atoms. The number of hydrogen-bond acceptors (Lipinski definition) is 4. The van der Waals surface area contributed by atoms with E-state index in [1.54, 1.807) is 44.2 Å².